The maximum absolute atomic E-state index is 5.34. The summed E-state index contributed by atoms with van der Waals surface area (Å²) in [6, 6.07) is 4.05. The van der Waals surface area contributed by atoms with E-state index >= 15 is 0 Å². The van der Waals surface area contributed by atoms with E-state index < -0.39 is 0 Å². The third-order valence-electron chi connectivity index (χ3n) is 2.03. The highest BCUT2D eigenvalue weighted by Gasteiger charge is 2.13. The highest BCUT2D eigenvalue weighted by atomic mass is 79.9. The zero-order valence-electron chi connectivity index (χ0n) is 7.83. The minimum Gasteiger partial charge on any atom is -0.495 e. The molecule has 1 aromatic carbocycles. The normalized spacial score (nSPS) is 10.5. The van der Waals surface area contributed by atoms with Gasteiger partial charge in [-0.3, -0.25) is 0 Å². The smallest absolute Gasteiger partial charge is 0.154 e. The first-order chi connectivity index (χ1) is 6.77. The lowest BCUT2D eigenvalue weighted by molar-refractivity contribution is 0.393. The number of halogens is 1. The lowest BCUT2D eigenvalue weighted by Gasteiger charge is -2.09. The fraction of sp³-hybridized carbons (Fsp3) is 0.200. The molecule has 0 spiro atoms. The van der Waals surface area contributed by atoms with E-state index in [1.165, 1.54) is 0 Å². The monoisotopic (exact) mass is 272 g/mol. The molecule has 0 aliphatic rings. The van der Waals surface area contributed by atoms with Gasteiger partial charge in [0.1, 0.15) is 10.2 Å². The average molecular weight is 273 g/mol. The summed E-state index contributed by atoms with van der Waals surface area (Å²) in [6.45, 7) is 0. The number of methoxy groups -OCH3 is 2. The molecule has 0 aliphatic carbocycles. The molecule has 4 heteroatoms. The minimum absolute atomic E-state index is 0.799. The van der Waals surface area contributed by atoms with Crippen molar-refractivity contribution >= 4 is 37.4 Å². The van der Waals surface area contributed by atoms with Gasteiger partial charge in [-0.05, 0) is 38.8 Å². The van der Waals surface area contributed by atoms with E-state index in [0.29, 0.717) is 0 Å². The van der Waals surface area contributed by atoms with Gasteiger partial charge >= 0.3 is 0 Å². The lowest BCUT2D eigenvalue weighted by atomic mass is 10.2. The standard InChI is InChI=1S/C10H9BrO2S/c1-12-7-5-6-3-4-14-10(6)9(13-2)8(7)11/h3-5H,1-2H3. The lowest BCUT2D eigenvalue weighted by Crippen LogP contribution is -1.89. The topological polar surface area (TPSA) is 18.5 Å². The van der Waals surface area contributed by atoms with Crippen molar-refractivity contribution in [2.45, 2.75) is 0 Å². The molecule has 1 aromatic heterocycles. The highest BCUT2D eigenvalue weighted by molar-refractivity contribution is 9.10. The Kier molecular flexibility index (Phi) is 2.65. The summed E-state index contributed by atoms with van der Waals surface area (Å²) in [6.07, 6.45) is 0. The summed E-state index contributed by atoms with van der Waals surface area (Å²) in [5, 5.41) is 3.19. The summed E-state index contributed by atoms with van der Waals surface area (Å²) >= 11 is 5.13. The Bertz CT molecular complexity index is 464. The van der Waals surface area contributed by atoms with Gasteiger partial charge in [0.2, 0.25) is 0 Å². The molecule has 0 radical (unpaired) electrons. The molecule has 2 rings (SSSR count). The van der Waals surface area contributed by atoms with E-state index in [2.05, 4.69) is 22.0 Å². The molecule has 0 N–H and O–H groups in total. The molecule has 0 unspecified atom stereocenters. The van der Waals surface area contributed by atoms with Crippen molar-refractivity contribution in [3.8, 4) is 11.5 Å². The number of hydrogen-bond acceptors (Lipinski definition) is 3. The van der Waals surface area contributed by atoms with Crippen LogP contribution in [0, 0.1) is 0 Å². The summed E-state index contributed by atoms with van der Waals surface area (Å²) < 4.78 is 12.6. The zero-order valence-corrected chi connectivity index (χ0v) is 10.2. The molecule has 0 aliphatic heterocycles. The first kappa shape index (κ1) is 9.80. The van der Waals surface area contributed by atoms with Gasteiger partial charge in [0.15, 0.2) is 5.75 Å². The van der Waals surface area contributed by atoms with Crippen LogP contribution in [0.4, 0.5) is 0 Å². The van der Waals surface area contributed by atoms with Crippen LogP contribution in [-0.4, -0.2) is 14.2 Å². The van der Waals surface area contributed by atoms with E-state index in [1.807, 2.05) is 11.4 Å². The highest BCUT2D eigenvalue weighted by Crippen LogP contribution is 2.42. The zero-order chi connectivity index (χ0) is 10.1. The quantitative estimate of drug-likeness (QED) is 0.831. The Hall–Kier alpha value is -0.740. The number of rotatable bonds is 2. The van der Waals surface area contributed by atoms with E-state index in [4.69, 9.17) is 9.47 Å². The molecule has 2 nitrogen and oxygen atoms in total. The van der Waals surface area contributed by atoms with Gasteiger partial charge < -0.3 is 9.47 Å². The molecule has 0 saturated heterocycles. The maximum atomic E-state index is 5.34. The second-order valence-electron chi connectivity index (χ2n) is 2.77. The van der Waals surface area contributed by atoms with Gasteiger partial charge in [0.25, 0.3) is 0 Å². The van der Waals surface area contributed by atoms with Gasteiger partial charge in [-0.1, -0.05) is 0 Å². The van der Waals surface area contributed by atoms with Crippen molar-refractivity contribution in [2.75, 3.05) is 14.2 Å². The molecule has 0 amide bonds. The Morgan fingerprint density at radius 3 is 2.71 bits per heavy atom. The molecular formula is C10H9BrO2S. The first-order valence-corrected chi connectivity index (χ1v) is 5.73. The molecule has 0 saturated carbocycles. The Balaban J connectivity index is 2.80. The van der Waals surface area contributed by atoms with Crippen LogP contribution in [-0.2, 0) is 0 Å². The molecule has 74 valence electrons. The molecule has 14 heavy (non-hydrogen) atoms. The van der Waals surface area contributed by atoms with Gasteiger partial charge in [0.05, 0.1) is 18.9 Å². The van der Waals surface area contributed by atoms with Crippen LogP contribution in [0.3, 0.4) is 0 Å². The van der Waals surface area contributed by atoms with E-state index in [-0.39, 0.29) is 0 Å². The maximum Gasteiger partial charge on any atom is 0.154 e. The van der Waals surface area contributed by atoms with E-state index in [0.717, 1.165) is 26.1 Å². The number of hydrogen-bond donors (Lipinski definition) is 0. The van der Waals surface area contributed by atoms with Gasteiger partial charge in [-0.25, -0.2) is 0 Å². The van der Waals surface area contributed by atoms with Crippen molar-refractivity contribution in [1.82, 2.24) is 0 Å². The number of benzene rings is 1. The van der Waals surface area contributed by atoms with Crippen molar-refractivity contribution in [1.29, 1.82) is 0 Å². The molecular weight excluding hydrogens is 264 g/mol. The second kappa shape index (κ2) is 3.79. The largest absolute Gasteiger partial charge is 0.495 e. The van der Waals surface area contributed by atoms with E-state index in [1.54, 1.807) is 25.6 Å². The summed E-state index contributed by atoms with van der Waals surface area (Å²) in [5.41, 5.74) is 0. The Morgan fingerprint density at radius 2 is 2.07 bits per heavy atom. The van der Waals surface area contributed by atoms with E-state index in [9.17, 15) is 0 Å². The molecule has 0 bridgehead atoms. The van der Waals surface area contributed by atoms with Crippen LogP contribution in [0.2, 0.25) is 0 Å². The third-order valence-corrected chi connectivity index (χ3v) is 3.71. The van der Waals surface area contributed by atoms with Crippen LogP contribution < -0.4 is 9.47 Å². The van der Waals surface area contributed by atoms with Crippen molar-refractivity contribution in [3.05, 3.63) is 22.0 Å². The molecule has 1 heterocycles. The van der Waals surface area contributed by atoms with Gasteiger partial charge in [-0.15, -0.1) is 11.3 Å². The second-order valence-corrected chi connectivity index (χ2v) is 4.47. The van der Waals surface area contributed by atoms with Crippen molar-refractivity contribution < 1.29 is 9.47 Å². The summed E-state index contributed by atoms with van der Waals surface area (Å²) in [4.78, 5) is 0. The predicted molar refractivity (Wildman–Crippen MR) is 62.6 cm³/mol. The van der Waals surface area contributed by atoms with Crippen LogP contribution in [0.5, 0.6) is 11.5 Å². The van der Waals surface area contributed by atoms with Crippen LogP contribution in [0.25, 0.3) is 10.1 Å². The van der Waals surface area contributed by atoms with Crippen LogP contribution in [0.15, 0.2) is 22.0 Å². The number of thiophene rings is 1. The van der Waals surface area contributed by atoms with Crippen molar-refractivity contribution in [3.63, 3.8) is 0 Å². The van der Waals surface area contributed by atoms with Crippen LogP contribution >= 0.6 is 27.3 Å². The number of fused-ring (bicyclic) bond motifs is 1. The fourth-order valence-electron chi connectivity index (χ4n) is 1.36. The predicted octanol–water partition coefficient (Wildman–Crippen LogP) is 3.68. The number of ether oxygens (including phenoxy) is 2. The summed E-state index contributed by atoms with van der Waals surface area (Å²) in [7, 11) is 3.32. The average Bonchev–Trinajstić information content (AvgIpc) is 2.64. The van der Waals surface area contributed by atoms with Gasteiger partial charge in [-0.2, -0.15) is 0 Å². The SMILES string of the molecule is COc1cc2ccsc2c(OC)c1Br. The third kappa shape index (κ3) is 1.38. The van der Waals surface area contributed by atoms with Crippen molar-refractivity contribution in [2.24, 2.45) is 0 Å². The summed E-state index contributed by atoms with van der Waals surface area (Å²) in [5.74, 6) is 1.64. The molecule has 0 atom stereocenters. The Labute approximate surface area is 94.6 Å². The fourth-order valence-corrected chi connectivity index (χ4v) is 3.04. The molecule has 0 fully saturated rings. The molecule has 2 aromatic rings. The van der Waals surface area contributed by atoms with Gasteiger partial charge in [0, 0.05) is 0 Å². The Morgan fingerprint density at radius 1 is 1.29 bits per heavy atom. The van der Waals surface area contributed by atoms with Crippen LogP contribution in [0.1, 0.15) is 0 Å². The minimum atomic E-state index is 0.799. The first-order valence-electron chi connectivity index (χ1n) is 4.05.